The van der Waals surface area contributed by atoms with E-state index in [1.54, 1.807) is 30.8 Å². The molecule has 0 fully saturated rings. The van der Waals surface area contributed by atoms with Crippen LogP contribution in [0.5, 0.6) is 5.75 Å². The highest BCUT2D eigenvalue weighted by Gasteiger charge is 2.40. The summed E-state index contributed by atoms with van der Waals surface area (Å²) >= 11 is 1.49. The Morgan fingerprint density at radius 2 is 2.00 bits per heavy atom. The van der Waals surface area contributed by atoms with E-state index >= 15 is 0 Å². The van der Waals surface area contributed by atoms with Gasteiger partial charge in [-0.05, 0) is 42.3 Å². The third-order valence-corrected chi connectivity index (χ3v) is 6.88. The first-order chi connectivity index (χ1) is 16.4. The van der Waals surface area contributed by atoms with Crippen LogP contribution in [0.25, 0.3) is 16.3 Å². The van der Waals surface area contributed by atoms with Crippen LogP contribution in [0.2, 0.25) is 0 Å². The highest BCUT2D eigenvalue weighted by molar-refractivity contribution is 7.16. The predicted molar refractivity (Wildman–Crippen MR) is 132 cm³/mol. The lowest BCUT2D eigenvalue weighted by atomic mass is 9.71. The van der Waals surface area contributed by atoms with Crippen molar-refractivity contribution in [3.05, 3.63) is 82.6 Å². The smallest absolute Gasteiger partial charge is 0.252 e. The number of benzene rings is 2. The third-order valence-electron chi connectivity index (χ3n) is 6.08. The van der Waals surface area contributed by atoms with Crippen LogP contribution in [0, 0.1) is 0 Å². The van der Waals surface area contributed by atoms with E-state index in [9.17, 15) is 9.59 Å². The average molecular weight is 472 g/mol. The number of aromatic nitrogens is 2. The van der Waals surface area contributed by atoms with Crippen molar-refractivity contribution in [2.75, 3.05) is 12.4 Å². The molecule has 2 amide bonds. The molecule has 5 rings (SSSR count). The van der Waals surface area contributed by atoms with Gasteiger partial charge in [0.2, 0.25) is 5.91 Å². The molecule has 2 heterocycles. The first-order valence-electron chi connectivity index (χ1n) is 10.5. The fraction of sp³-hybridized carbons (Fsp3) is 0.120. The standard InChI is InChI=1S/C25H21N5O3S/c1-33-16-4-2-3-15(10-16)30-22-17-11-25(24(27)32,8-7-19(17)28-12-18(22)23(26)31)14-5-6-20-21(9-14)34-13-29-20/h2-10,12-13H,11H2,1H3,(H2,26,31)(H2,27,32)(H,28,30). The predicted octanol–water partition coefficient (Wildman–Crippen LogP) is 3.54. The number of nitrogens with zero attached hydrogens (tertiary/aromatic N) is 2. The minimum absolute atomic E-state index is 0.207. The second-order valence-corrected chi connectivity index (χ2v) is 8.90. The van der Waals surface area contributed by atoms with E-state index in [0.717, 1.165) is 15.8 Å². The van der Waals surface area contributed by atoms with Crippen molar-refractivity contribution in [2.24, 2.45) is 11.5 Å². The second kappa shape index (κ2) is 8.27. The Hall–Kier alpha value is -4.24. The molecular weight excluding hydrogens is 450 g/mol. The molecule has 4 aromatic rings. The maximum absolute atomic E-state index is 12.9. The molecule has 0 radical (unpaired) electrons. The number of ether oxygens (including phenoxy) is 1. The summed E-state index contributed by atoms with van der Waals surface area (Å²) in [5.41, 5.74) is 16.6. The van der Waals surface area contributed by atoms with Crippen LogP contribution in [0.4, 0.5) is 11.4 Å². The van der Waals surface area contributed by atoms with E-state index in [1.807, 2.05) is 36.4 Å². The Kier molecular flexibility index (Phi) is 5.25. The molecule has 2 aromatic heterocycles. The van der Waals surface area contributed by atoms with Gasteiger partial charge >= 0.3 is 0 Å². The van der Waals surface area contributed by atoms with Gasteiger partial charge in [-0.3, -0.25) is 14.6 Å². The molecule has 170 valence electrons. The van der Waals surface area contributed by atoms with E-state index in [-0.39, 0.29) is 12.0 Å². The topological polar surface area (TPSA) is 133 Å². The summed E-state index contributed by atoms with van der Waals surface area (Å²) in [4.78, 5) is 34.0. The number of hydrogen-bond acceptors (Lipinski definition) is 7. The molecular formula is C25H21N5O3S. The van der Waals surface area contributed by atoms with Crippen molar-refractivity contribution >= 4 is 50.8 Å². The van der Waals surface area contributed by atoms with Crippen molar-refractivity contribution in [1.29, 1.82) is 0 Å². The molecule has 9 heteroatoms. The Morgan fingerprint density at radius 3 is 2.76 bits per heavy atom. The highest BCUT2D eigenvalue weighted by Crippen LogP contribution is 2.41. The van der Waals surface area contributed by atoms with Crippen molar-refractivity contribution in [1.82, 2.24) is 9.97 Å². The molecule has 1 aliphatic rings. The van der Waals surface area contributed by atoms with Crippen molar-refractivity contribution in [2.45, 2.75) is 11.8 Å². The normalized spacial score (nSPS) is 16.7. The summed E-state index contributed by atoms with van der Waals surface area (Å²) in [5.74, 6) is -0.487. The quantitative estimate of drug-likeness (QED) is 0.394. The Balaban J connectivity index is 1.66. The van der Waals surface area contributed by atoms with Crippen LogP contribution in [0.1, 0.15) is 27.2 Å². The van der Waals surface area contributed by atoms with Crippen LogP contribution in [0.15, 0.2) is 60.2 Å². The molecule has 34 heavy (non-hydrogen) atoms. The minimum atomic E-state index is -1.13. The van der Waals surface area contributed by atoms with E-state index in [0.29, 0.717) is 28.4 Å². The summed E-state index contributed by atoms with van der Waals surface area (Å²) in [5, 5.41) is 3.30. The van der Waals surface area contributed by atoms with Crippen molar-refractivity contribution in [3.8, 4) is 5.75 Å². The van der Waals surface area contributed by atoms with Gasteiger partial charge in [-0.2, -0.15) is 0 Å². The summed E-state index contributed by atoms with van der Waals surface area (Å²) in [6.45, 7) is 0. The number of rotatable bonds is 6. The lowest BCUT2D eigenvalue weighted by molar-refractivity contribution is -0.121. The number of nitrogens with one attached hydrogen (secondary N) is 1. The van der Waals surface area contributed by atoms with E-state index in [1.165, 1.54) is 17.5 Å². The number of primary amides is 2. The van der Waals surface area contributed by atoms with Gasteiger partial charge in [0.1, 0.15) is 5.75 Å². The van der Waals surface area contributed by atoms with Gasteiger partial charge in [-0.1, -0.05) is 18.2 Å². The number of methoxy groups -OCH3 is 1. The number of carbonyl (C=O) groups excluding carboxylic acids is 2. The summed E-state index contributed by atoms with van der Waals surface area (Å²) in [6.07, 6.45) is 5.20. The molecule has 0 saturated heterocycles. The number of fused-ring (bicyclic) bond motifs is 2. The molecule has 0 spiro atoms. The molecule has 1 unspecified atom stereocenters. The summed E-state index contributed by atoms with van der Waals surface area (Å²) < 4.78 is 6.27. The van der Waals surface area contributed by atoms with Crippen LogP contribution in [0.3, 0.4) is 0 Å². The fourth-order valence-electron chi connectivity index (χ4n) is 4.27. The number of thiazole rings is 1. The van der Waals surface area contributed by atoms with E-state index in [4.69, 9.17) is 16.2 Å². The Labute approximate surface area is 199 Å². The maximum atomic E-state index is 12.9. The van der Waals surface area contributed by atoms with Crippen molar-refractivity contribution in [3.63, 3.8) is 0 Å². The molecule has 5 N–H and O–H groups in total. The average Bonchev–Trinajstić information content (AvgIpc) is 3.32. The number of amides is 2. The number of pyridine rings is 1. The zero-order valence-electron chi connectivity index (χ0n) is 18.2. The molecule has 8 nitrogen and oxygen atoms in total. The first-order valence-corrected chi connectivity index (χ1v) is 11.3. The SMILES string of the molecule is COc1cccc(Nc2c(C(N)=O)cnc3c2CC(C(N)=O)(c2ccc4ncsc4c2)C=C3)c1. The number of carbonyl (C=O) groups is 2. The van der Waals surface area contributed by atoms with Gasteiger partial charge in [0, 0.05) is 23.5 Å². The lowest BCUT2D eigenvalue weighted by Gasteiger charge is -2.33. The van der Waals surface area contributed by atoms with Crippen LogP contribution in [-0.2, 0) is 16.6 Å². The largest absolute Gasteiger partial charge is 0.497 e. The van der Waals surface area contributed by atoms with Gasteiger partial charge in [-0.15, -0.1) is 11.3 Å². The van der Waals surface area contributed by atoms with Crippen LogP contribution in [-0.4, -0.2) is 28.9 Å². The highest BCUT2D eigenvalue weighted by atomic mass is 32.1. The lowest BCUT2D eigenvalue weighted by Crippen LogP contribution is -2.43. The monoisotopic (exact) mass is 471 g/mol. The van der Waals surface area contributed by atoms with Gasteiger partial charge in [0.15, 0.2) is 0 Å². The molecule has 0 saturated carbocycles. The zero-order valence-corrected chi connectivity index (χ0v) is 19.1. The van der Waals surface area contributed by atoms with Crippen LogP contribution >= 0.6 is 11.3 Å². The summed E-state index contributed by atoms with van der Waals surface area (Å²) in [6, 6.07) is 13.0. The second-order valence-electron chi connectivity index (χ2n) is 8.01. The number of anilines is 2. The first kappa shape index (κ1) is 21.6. The number of nitrogens with two attached hydrogens (primary N) is 2. The van der Waals surface area contributed by atoms with Gasteiger partial charge in [-0.25, -0.2) is 4.98 Å². The molecule has 0 aliphatic heterocycles. The number of hydrogen-bond donors (Lipinski definition) is 3. The third kappa shape index (κ3) is 3.56. The van der Waals surface area contributed by atoms with Gasteiger partial charge < -0.3 is 21.5 Å². The van der Waals surface area contributed by atoms with Gasteiger partial charge in [0.25, 0.3) is 5.91 Å². The zero-order chi connectivity index (χ0) is 23.9. The Bertz CT molecular complexity index is 1480. The summed E-state index contributed by atoms with van der Waals surface area (Å²) in [7, 11) is 1.58. The molecule has 1 aliphatic carbocycles. The molecule has 2 aromatic carbocycles. The van der Waals surface area contributed by atoms with Crippen LogP contribution < -0.4 is 21.5 Å². The fourth-order valence-corrected chi connectivity index (χ4v) is 4.98. The molecule has 0 bridgehead atoms. The Morgan fingerprint density at radius 1 is 1.15 bits per heavy atom. The minimum Gasteiger partial charge on any atom is -0.497 e. The van der Waals surface area contributed by atoms with E-state index in [2.05, 4.69) is 15.3 Å². The van der Waals surface area contributed by atoms with Crippen molar-refractivity contribution < 1.29 is 14.3 Å². The van der Waals surface area contributed by atoms with Gasteiger partial charge in [0.05, 0.1) is 45.2 Å². The molecule has 1 atom stereocenters. The maximum Gasteiger partial charge on any atom is 0.252 e. The van der Waals surface area contributed by atoms with E-state index < -0.39 is 17.2 Å².